The fourth-order valence-corrected chi connectivity index (χ4v) is 1.39. The fraction of sp³-hybridized carbons (Fsp3) is 0.500. The van der Waals surface area contributed by atoms with Crippen molar-refractivity contribution < 1.29 is 4.39 Å². The van der Waals surface area contributed by atoms with E-state index in [0.717, 1.165) is 12.8 Å². The van der Waals surface area contributed by atoms with Crippen molar-refractivity contribution in [3.05, 3.63) is 24.0 Å². The zero-order valence-corrected chi connectivity index (χ0v) is 9.60. The van der Waals surface area contributed by atoms with Crippen molar-refractivity contribution >= 4 is 11.4 Å². The van der Waals surface area contributed by atoms with Gasteiger partial charge in [0.1, 0.15) is 5.82 Å². The highest BCUT2D eigenvalue weighted by Crippen LogP contribution is 2.26. The zero-order valence-electron chi connectivity index (χ0n) is 9.60. The van der Waals surface area contributed by atoms with Gasteiger partial charge in [0.15, 0.2) is 0 Å². The van der Waals surface area contributed by atoms with Crippen molar-refractivity contribution in [3.63, 3.8) is 0 Å². The van der Waals surface area contributed by atoms with E-state index in [1.54, 1.807) is 6.07 Å². The molecular weight excluding hydrogens is 191 g/mol. The van der Waals surface area contributed by atoms with E-state index in [4.69, 9.17) is 5.73 Å². The minimum atomic E-state index is -0.263. The predicted octanol–water partition coefficient (Wildman–Crippen LogP) is 3.40. The Morgan fingerprint density at radius 1 is 1.33 bits per heavy atom. The third-order valence-electron chi connectivity index (χ3n) is 3.01. The maximum absolute atomic E-state index is 13.0. The summed E-state index contributed by atoms with van der Waals surface area (Å²) in [5, 5.41) is 3.30. The van der Waals surface area contributed by atoms with Gasteiger partial charge in [-0.2, -0.15) is 0 Å². The number of benzene rings is 1. The van der Waals surface area contributed by atoms with E-state index >= 15 is 0 Å². The SMILES string of the molecule is CCC(C)(CC)Nc1cc(F)ccc1N. The summed E-state index contributed by atoms with van der Waals surface area (Å²) >= 11 is 0. The number of hydrogen-bond donors (Lipinski definition) is 2. The molecule has 84 valence electrons. The molecule has 0 amide bonds. The Kier molecular flexibility index (Phi) is 3.56. The van der Waals surface area contributed by atoms with Crippen LogP contribution in [0, 0.1) is 5.82 Å². The van der Waals surface area contributed by atoms with E-state index in [1.807, 2.05) is 0 Å². The van der Waals surface area contributed by atoms with Crippen LogP contribution in [-0.2, 0) is 0 Å². The van der Waals surface area contributed by atoms with Crippen molar-refractivity contribution in [1.82, 2.24) is 0 Å². The topological polar surface area (TPSA) is 38.0 Å². The van der Waals surface area contributed by atoms with Crippen molar-refractivity contribution in [3.8, 4) is 0 Å². The van der Waals surface area contributed by atoms with Crippen LogP contribution in [0.4, 0.5) is 15.8 Å². The van der Waals surface area contributed by atoms with Crippen LogP contribution in [0.3, 0.4) is 0 Å². The van der Waals surface area contributed by atoms with Gasteiger partial charge in [0.05, 0.1) is 11.4 Å². The summed E-state index contributed by atoms with van der Waals surface area (Å²) in [6.07, 6.45) is 1.94. The first-order valence-electron chi connectivity index (χ1n) is 5.34. The second-order valence-electron chi connectivity index (χ2n) is 4.12. The number of halogens is 1. The summed E-state index contributed by atoms with van der Waals surface area (Å²) < 4.78 is 13.0. The predicted molar refractivity (Wildman–Crippen MR) is 63.4 cm³/mol. The molecule has 3 heteroatoms. The summed E-state index contributed by atoms with van der Waals surface area (Å²) in [5.41, 5.74) is 7.02. The Morgan fingerprint density at radius 3 is 2.47 bits per heavy atom. The standard InChI is InChI=1S/C12H19FN2/c1-4-12(3,5-2)15-11-8-9(13)6-7-10(11)14/h6-8,15H,4-5,14H2,1-3H3. The fourth-order valence-electron chi connectivity index (χ4n) is 1.39. The van der Waals surface area contributed by atoms with Gasteiger partial charge in [0.25, 0.3) is 0 Å². The van der Waals surface area contributed by atoms with Gasteiger partial charge in [-0.05, 0) is 38.0 Å². The third-order valence-corrected chi connectivity index (χ3v) is 3.01. The van der Waals surface area contributed by atoms with Crippen LogP contribution in [0.1, 0.15) is 33.6 Å². The quantitative estimate of drug-likeness (QED) is 0.747. The van der Waals surface area contributed by atoms with Gasteiger partial charge in [0.2, 0.25) is 0 Å². The number of anilines is 2. The zero-order chi connectivity index (χ0) is 11.5. The van der Waals surface area contributed by atoms with Crippen LogP contribution in [-0.4, -0.2) is 5.54 Å². The van der Waals surface area contributed by atoms with Gasteiger partial charge >= 0.3 is 0 Å². The molecule has 1 rings (SSSR count). The molecule has 1 aromatic rings. The molecule has 0 aliphatic carbocycles. The Hall–Kier alpha value is -1.25. The Morgan fingerprint density at radius 2 is 1.93 bits per heavy atom. The minimum Gasteiger partial charge on any atom is -0.397 e. The summed E-state index contributed by atoms with van der Waals surface area (Å²) in [5.74, 6) is -0.263. The van der Waals surface area contributed by atoms with Gasteiger partial charge < -0.3 is 11.1 Å². The lowest BCUT2D eigenvalue weighted by atomic mass is 9.95. The maximum Gasteiger partial charge on any atom is 0.125 e. The van der Waals surface area contributed by atoms with Crippen LogP contribution in [0.15, 0.2) is 18.2 Å². The van der Waals surface area contributed by atoms with E-state index in [0.29, 0.717) is 11.4 Å². The van der Waals surface area contributed by atoms with Crippen molar-refractivity contribution in [2.45, 2.75) is 39.2 Å². The van der Waals surface area contributed by atoms with Crippen LogP contribution in [0.5, 0.6) is 0 Å². The molecule has 0 aromatic heterocycles. The number of nitrogens with two attached hydrogens (primary N) is 1. The van der Waals surface area contributed by atoms with Gasteiger partial charge in [-0.25, -0.2) is 4.39 Å². The first kappa shape index (κ1) is 11.8. The molecule has 2 nitrogen and oxygen atoms in total. The van der Waals surface area contributed by atoms with Gasteiger partial charge in [-0.1, -0.05) is 13.8 Å². The second kappa shape index (κ2) is 4.51. The number of hydrogen-bond acceptors (Lipinski definition) is 2. The maximum atomic E-state index is 13.0. The van der Waals surface area contributed by atoms with Crippen LogP contribution < -0.4 is 11.1 Å². The first-order valence-corrected chi connectivity index (χ1v) is 5.34. The van der Waals surface area contributed by atoms with E-state index in [-0.39, 0.29) is 11.4 Å². The van der Waals surface area contributed by atoms with Crippen LogP contribution in [0.25, 0.3) is 0 Å². The normalized spacial score (nSPS) is 11.5. The lowest BCUT2D eigenvalue weighted by molar-refractivity contribution is 0.478. The Bertz CT molecular complexity index is 332. The molecule has 0 heterocycles. The minimum absolute atomic E-state index is 0.0259. The number of nitrogen functional groups attached to an aromatic ring is 1. The van der Waals surface area contributed by atoms with Crippen molar-refractivity contribution in [2.75, 3.05) is 11.1 Å². The lowest BCUT2D eigenvalue weighted by Crippen LogP contribution is -2.33. The molecule has 3 N–H and O–H groups in total. The molecule has 0 fully saturated rings. The summed E-state index contributed by atoms with van der Waals surface area (Å²) in [6, 6.07) is 4.40. The van der Waals surface area contributed by atoms with Crippen molar-refractivity contribution in [1.29, 1.82) is 0 Å². The molecule has 0 aliphatic heterocycles. The molecule has 0 aliphatic rings. The van der Waals surface area contributed by atoms with Gasteiger partial charge in [0, 0.05) is 5.54 Å². The molecule has 0 atom stereocenters. The molecule has 0 unspecified atom stereocenters. The average molecular weight is 210 g/mol. The molecule has 0 saturated heterocycles. The molecule has 1 aromatic carbocycles. The molecule has 0 saturated carbocycles. The number of rotatable bonds is 4. The molecule has 0 bridgehead atoms. The lowest BCUT2D eigenvalue weighted by Gasteiger charge is -2.30. The second-order valence-corrected chi connectivity index (χ2v) is 4.12. The Labute approximate surface area is 90.7 Å². The summed E-state index contributed by atoms with van der Waals surface area (Å²) in [7, 11) is 0. The highest BCUT2D eigenvalue weighted by atomic mass is 19.1. The summed E-state index contributed by atoms with van der Waals surface area (Å²) in [6.45, 7) is 6.31. The van der Waals surface area contributed by atoms with Crippen molar-refractivity contribution in [2.24, 2.45) is 0 Å². The van der Waals surface area contributed by atoms with E-state index in [1.165, 1.54) is 12.1 Å². The van der Waals surface area contributed by atoms with E-state index in [2.05, 4.69) is 26.1 Å². The summed E-state index contributed by atoms with van der Waals surface area (Å²) in [4.78, 5) is 0. The van der Waals surface area contributed by atoms with Gasteiger partial charge in [-0.3, -0.25) is 0 Å². The monoisotopic (exact) mass is 210 g/mol. The van der Waals surface area contributed by atoms with Crippen LogP contribution in [0.2, 0.25) is 0 Å². The average Bonchev–Trinajstić information content (AvgIpc) is 2.23. The smallest absolute Gasteiger partial charge is 0.125 e. The Balaban J connectivity index is 2.92. The van der Waals surface area contributed by atoms with Gasteiger partial charge in [-0.15, -0.1) is 0 Å². The largest absolute Gasteiger partial charge is 0.397 e. The highest BCUT2D eigenvalue weighted by Gasteiger charge is 2.19. The molecular formula is C12H19FN2. The first-order chi connectivity index (χ1) is 7.00. The highest BCUT2D eigenvalue weighted by molar-refractivity contribution is 5.66. The molecule has 0 spiro atoms. The van der Waals surface area contributed by atoms with E-state index in [9.17, 15) is 4.39 Å². The number of nitrogens with one attached hydrogen (secondary N) is 1. The molecule has 0 radical (unpaired) electrons. The molecule has 15 heavy (non-hydrogen) atoms. The third kappa shape index (κ3) is 2.85. The van der Waals surface area contributed by atoms with Crippen LogP contribution >= 0.6 is 0 Å². The van der Waals surface area contributed by atoms with E-state index < -0.39 is 0 Å².